The highest BCUT2D eigenvalue weighted by Crippen LogP contribution is 2.15. The van der Waals surface area contributed by atoms with Gasteiger partial charge in [0.15, 0.2) is 0 Å². The van der Waals surface area contributed by atoms with Crippen LogP contribution in [0.3, 0.4) is 0 Å². The lowest BCUT2D eigenvalue weighted by Crippen LogP contribution is -2.15. The average Bonchev–Trinajstić information content (AvgIpc) is 2.91. The lowest BCUT2D eigenvalue weighted by atomic mass is 10.2. The molecule has 0 saturated heterocycles. The lowest BCUT2D eigenvalue weighted by Gasteiger charge is -2.07. The third kappa shape index (κ3) is 3.41. The van der Waals surface area contributed by atoms with Gasteiger partial charge in [-0.2, -0.15) is 5.10 Å². The quantitative estimate of drug-likeness (QED) is 0.872. The Hall–Kier alpha value is -2.70. The number of nitrogens with one attached hydrogen (secondary N) is 1. The number of carboxylic acid groups (broad SMARTS) is 1. The second-order valence-electron chi connectivity index (χ2n) is 4.07. The first-order valence-corrected chi connectivity index (χ1v) is 5.86. The maximum atomic E-state index is 13.2. The summed E-state index contributed by atoms with van der Waals surface area (Å²) in [6.07, 6.45) is 3.52. The molecule has 0 unspecified atom stereocenters. The number of aryl methyl sites for hydroxylation is 1. The minimum Gasteiger partial charge on any atom is -0.478 e. The Morgan fingerprint density at radius 1 is 1.40 bits per heavy atom. The van der Waals surface area contributed by atoms with Gasteiger partial charge in [-0.05, 0) is 24.3 Å². The topological polar surface area (TPSA) is 84.2 Å². The minimum atomic E-state index is -1.38. The van der Waals surface area contributed by atoms with Gasteiger partial charge in [-0.25, -0.2) is 9.18 Å². The molecule has 104 valence electrons. The molecule has 1 heterocycles. The van der Waals surface area contributed by atoms with Gasteiger partial charge in [0.05, 0.1) is 5.56 Å². The van der Waals surface area contributed by atoms with Crippen LogP contribution < -0.4 is 5.32 Å². The lowest BCUT2D eigenvalue weighted by molar-refractivity contribution is -0.116. The SMILES string of the molecule is O=C(CCn1cccn1)Nc1ccc(F)c(C(=O)O)c1. The maximum Gasteiger partial charge on any atom is 0.338 e. The molecular weight excluding hydrogens is 265 g/mol. The first kappa shape index (κ1) is 13.7. The molecule has 2 aromatic rings. The number of amides is 1. The number of hydrogen-bond donors (Lipinski definition) is 2. The van der Waals surface area contributed by atoms with E-state index in [1.54, 1.807) is 23.1 Å². The molecule has 0 atom stereocenters. The Kier molecular flexibility index (Phi) is 4.09. The molecule has 2 N–H and O–H groups in total. The van der Waals surface area contributed by atoms with Crippen LogP contribution in [0.5, 0.6) is 0 Å². The number of nitrogens with zero attached hydrogens (tertiary/aromatic N) is 2. The number of aromatic nitrogens is 2. The van der Waals surface area contributed by atoms with Crippen LogP contribution in [0.1, 0.15) is 16.8 Å². The molecule has 1 aromatic heterocycles. The molecule has 0 fully saturated rings. The number of anilines is 1. The Bertz CT molecular complexity index is 626. The summed E-state index contributed by atoms with van der Waals surface area (Å²) in [7, 11) is 0. The zero-order chi connectivity index (χ0) is 14.5. The van der Waals surface area contributed by atoms with Crippen LogP contribution in [0.4, 0.5) is 10.1 Å². The molecular formula is C13H12FN3O3. The van der Waals surface area contributed by atoms with Crippen molar-refractivity contribution in [1.29, 1.82) is 0 Å². The number of halogens is 1. The molecule has 2 rings (SSSR count). The van der Waals surface area contributed by atoms with Gasteiger partial charge in [-0.3, -0.25) is 9.48 Å². The van der Waals surface area contributed by atoms with Crippen molar-refractivity contribution in [3.8, 4) is 0 Å². The van der Waals surface area contributed by atoms with Crippen molar-refractivity contribution in [3.05, 3.63) is 48.0 Å². The highest BCUT2D eigenvalue weighted by atomic mass is 19.1. The molecule has 0 bridgehead atoms. The summed E-state index contributed by atoms with van der Waals surface area (Å²) >= 11 is 0. The fraction of sp³-hybridized carbons (Fsp3) is 0.154. The van der Waals surface area contributed by atoms with Gasteiger partial charge in [-0.1, -0.05) is 0 Å². The number of carbonyl (C=O) groups excluding carboxylic acids is 1. The van der Waals surface area contributed by atoms with Crippen LogP contribution in [0, 0.1) is 5.82 Å². The van der Waals surface area contributed by atoms with Gasteiger partial charge in [0.25, 0.3) is 0 Å². The van der Waals surface area contributed by atoms with E-state index in [4.69, 9.17) is 5.11 Å². The highest BCUT2D eigenvalue weighted by molar-refractivity contribution is 5.94. The summed E-state index contributed by atoms with van der Waals surface area (Å²) < 4.78 is 14.8. The summed E-state index contributed by atoms with van der Waals surface area (Å²) in [6, 6.07) is 5.15. The van der Waals surface area contributed by atoms with Crippen LogP contribution in [0.15, 0.2) is 36.7 Å². The summed E-state index contributed by atoms with van der Waals surface area (Å²) in [5, 5.41) is 15.3. The van der Waals surface area contributed by atoms with Crippen LogP contribution in [0.2, 0.25) is 0 Å². The summed E-state index contributed by atoms with van der Waals surface area (Å²) in [6.45, 7) is 0.409. The van der Waals surface area contributed by atoms with E-state index < -0.39 is 17.3 Å². The summed E-state index contributed by atoms with van der Waals surface area (Å²) in [4.78, 5) is 22.5. The third-order valence-corrected chi connectivity index (χ3v) is 2.61. The van der Waals surface area contributed by atoms with E-state index in [0.717, 1.165) is 12.1 Å². The van der Waals surface area contributed by atoms with Crippen molar-refractivity contribution in [3.63, 3.8) is 0 Å². The normalized spacial score (nSPS) is 10.2. The number of benzene rings is 1. The minimum absolute atomic E-state index is 0.182. The van der Waals surface area contributed by atoms with Crippen molar-refractivity contribution in [1.82, 2.24) is 9.78 Å². The first-order chi connectivity index (χ1) is 9.56. The van der Waals surface area contributed by atoms with Gasteiger partial charge >= 0.3 is 5.97 Å². The molecule has 1 amide bonds. The second-order valence-corrected chi connectivity index (χ2v) is 4.07. The van der Waals surface area contributed by atoms with E-state index in [0.29, 0.717) is 6.54 Å². The third-order valence-electron chi connectivity index (χ3n) is 2.61. The Balaban J connectivity index is 1.97. The van der Waals surface area contributed by atoms with Gasteiger partial charge in [0.1, 0.15) is 5.82 Å². The van der Waals surface area contributed by atoms with Gasteiger partial charge < -0.3 is 10.4 Å². The second kappa shape index (κ2) is 5.96. The van der Waals surface area contributed by atoms with Gasteiger partial charge in [0.2, 0.25) is 5.91 Å². The maximum absolute atomic E-state index is 13.2. The molecule has 0 aliphatic carbocycles. The van der Waals surface area contributed by atoms with E-state index in [9.17, 15) is 14.0 Å². The monoisotopic (exact) mass is 277 g/mol. The molecule has 20 heavy (non-hydrogen) atoms. The smallest absolute Gasteiger partial charge is 0.338 e. The van der Waals surface area contributed by atoms with E-state index in [1.807, 2.05) is 0 Å². The zero-order valence-corrected chi connectivity index (χ0v) is 10.4. The number of carbonyl (C=O) groups is 2. The highest BCUT2D eigenvalue weighted by Gasteiger charge is 2.12. The van der Waals surface area contributed by atoms with E-state index in [-0.39, 0.29) is 18.0 Å². The molecule has 6 nitrogen and oxygen atoms in total. The van der Waals surface area contributed by atoms with Crippen molar-refractivity contribution >= 4 is 17.6 Å². The molecule has 0 radical (unpaired) electrons. The number of rotatable bonds is 5. The zero-order valence-electron chi connectivity index (χ0n) is 10.4. The number of carboxylic acids is 1. The number of aromatic carboxylic acids is 1. The van der Waals surface area contributed by atoms with Crippen molar-refractivity contribution in [2.24, 2.45) is 0 Å². The predicted molar refractivity (Wildman–Crippen MR) is 68.8 cm³/mol. The fourth-order valence-corrected chi connectivity index (χ4v) is 1.64. The Morgan fingerprint density at radius 2 is 2.20 bits per heavy atom. The molecule has 0 saturated carbocycles. The van der Waals surface area contributed by atoms with E-state index >= 15 is 0 Å². The first-order valence-electron chi connectivity index (χ1n) is 5.86. The van der Waals surface area contributed by atoms with Crippen molar-refractivity contribution in [2.45, 2.75) is 13.0 Å². The summed E-state index contributed by atoms with van der Waals surface area (Å²) in [5.41, 5.74) is -0.232. The van der Waals surface area contributed by atoms with E-state index in [1.165, 1.54) is 6.07 Å². The van der Waals surface area contributed by atoms with Gasteiger partial charge in [0, 0.05) is 31.0 Å². The van der Waals surface area contributed by atoms with Crippen LogP contribution in [-0.2, 0) is 11.3 Å². The summed E-state index contributed by atoms with van der Waals surface area (Å²) in [5.74, 6) is -2.52. The average molecular weight is 277 g/mol. The fourth-order valence-electron chi connectivity index (χ4n) is 1.64. The largest absolute Gasteiger partial charge is 0.478 e. The van der Waals surface area contributed by atoms with Gasteiger partial charge in [-0.15, -0.1) is 0 Å². The molecule has 0 aliphatic rings. The van der Waals surface area contributed by atoms with Crippen molar-refractivity contribution < 1.29 is 19.1 Å². The Labute approximate surface area is 113 Å². The molecule has 0 spiro atoms. The molecule has 7 heteroatoms. The Morgan fingerprint density at radius 3 is 2.85 bits per heavy atom. The number of hydrogen-bond acceptors (Lipinski definition) is 3. The molecule has 1 aromatic carbocycles. The predicted octanol–water partition coefficient (Wildman–Crippen LogP) is 1.75. The molecule has 0 aliphatic heterocycles. The van der Waals surface area contributed by atoms with Crippen LogP contribution in [0.25, 0.3) is 0 Å². The van der Waals surface area contributed by atoms with E-state index in [2.05, 4.69) is 10.4 Å². The standard InChI is InChI=1S/C13H12FN3O3/c14-11-3-2-9(8-10(11)13(19)20)16-12(18)4-7-17-6-1-5-15-17/h1-3,5-6,8H,4,7H2,(H,16,18)(H,19,20). The van der Waals surface area contributed by atoms with Crippen LogP contribution in [-0.4, -0.2) is 26.8 Å². The van der Waals surface area contributed by atoms with Crippen LogP contribution >= 0.6 is 0 Å². The van der Waals surface area contributed by atoms with Crippen molar-refractivity contribution in [2.75, 3.05) is 5.32 Å².